The van der Waals surface area contributed by atoms with Gasteiger partial charge in [0.1, 0.15) is 0 Å². The van der Waals surface area contributed by atoms with Crippen LogP contribution < -0.4 is 5.11 Å². The molecule has 0 radical (unpaired) electrons. The van der Waals surface area contributed by atoms with Crippen molar-refractivity contribution in [2.24, 2.45) is 0 Å². The van der Waals surface area contributed by atoms with Crippen LogP contribution in [-0.4, -0.2) is 15.9 Å². The number of hydrogen-bond donors (Lipinski definition) is 0. The number of carboxylic acid groups (broad SMARTS) is 1. The number of carbonyl (C=O) groups excluding carboxylic acids is 1. The maximum absolute atomic E-state index is 10.9. The van der Waals surface area contributed by atoms with Gasteiger partial charge in [-0.1, -0.05) is 23.7 Å². The van der Waals surface area contributed by atoms with Crippen molar-refractivity contribution in [3.05, 3.63) is 47.2 Å². The third-order valence-electron chi connectivity index (χ3n) is 2.02. The fourth-order valence-corrected chi connectivity index (χ4v) is 1.61. The van der Waals surface area contributed by atoms with E-state index in [0.717, 1.165) is 0 Å². The topological polar surface area (TPSA) is 65.9 Å². The molecule has 1 aromatic carbocycles. The third-order valence-corrected chi connectivity index (χ3v) is 2.34. The van der Waals surface area contributed by atoms with Crippen molar-refractivity contribution >= 4 is 17.6 Å². The van der Waals surface area contributed by atoms with Gasteiger partial charge in [-0.3, -0.25) is 0 Å². The van der Waals surface area contributed by atoms with E-state index in [9.17, 15) is 9.90 Å². The summed E-state index contributed by atoms with van der Waals surface area (Å²) in [5.41, 5.74) is 0.267. The molecule has 0 atom stereocenters. The second-order valence-electron chi connectivity index (χ2n) is 3.02. The van der Waals surface area contributed by atoms with Crippen LogP contribution in [0.3, 0.4) is 0 Å². The van der Waals surface area contributed by atoms with E-state index >= 15 is 0 Å². The quantitative estimate of drug-likeness (QED) is 0.781. The third kappa shape index (κ3) is 1.87. The molecule has 0 spiro atoms. The zero-order valence-electron chi connectivity index (χ0n) is 8.05. The van der Waals surface area contributed by atoms with Crippen molar-refractivity contribution in [3.63, 3.8) is 0 Å². The Morgan fingerprint density at radius 1 is 1.19 bits per heavy atom. The molecular weight excluding hydrogens is 228 g/mol. The van der Waals surface area contributed by atoms with Gasteiger partial charge in [-0.2, -0.15) is 0 Å². The average Bonchev–Trinajstić information content (AvgIpc) is 2.29. The summed E-state index contributed by atoms with van der Waals surface area (Å²) in [5, 5.41) is 11.2. The summed E-state index contributed by atoms with van der Waals surface area (Å²) < 4.78 is 0. The van der Waals surface area contributed by atoms with Gasteiger partial charge in [-0.05, 0) is 12.1 Å². The van der Waals surface area contributed by atoms with Crippen LogP contribution in [0, 0.1) is 0 Å². The first-order chi connectivity index (χ1) is 7.70. The lowest BCUT2D eigenvalue weighted by atomic mass is 10.1. The van der Waals surface area contributed by atoms with E-state index in [4.69, 9.17) is 11.6 Å². The van der Waals surface area contributed by atoms with Gasteiger partial charge < -0.3 is 9.90 Å². The van der Waals surface area contributed by atoms with E-state index in [-0.39, 0.29) is 22.0 Å². The highest BCUT2D eigenvalue weighted by Crippen LogP contribution is 2.28. The normalized spacial score (nSPS) is 10.1. The first kappa shape index (κ1) is 10.6. The molecule has 16 heavy (non-hydrogen) atoms. The van der Waals surface area contributed by atoms with Crippen LogP contribution in [-0.2, 0) is 0 Å². The molecule has 0 N–H and O–H groups in total. The minimum absolute atomic E-state index is 0.0151. The van der Waals surface area contributed by atoms with Crippen LogP contribution in [0.25, 0.3) is 11.4 Å². The molecule has 1 heterocycles. The van der Waals surface area contributed by atoms with E-state index in [2.05, 4.69) is 9.97 Å². The Morgan fingerprint density at radius 2 is 1.88 bits per heavy atom. The lowest BCUT2D eigenvalue weighted by Crippen LogP contribution is -2.23. The molecule has 1 aromatic heterocycles. The van der Waals surface area contributed by atoms with Crippen LogP contribution >= 0.6 is 11.6 Å². The molecule has 80 valence electrons. The summed E-state index contributed by atoms with van der Waals surface area (Å²) in [6.45, 7) is 0. The predicted octanol–water partition coefficient (Wildman–Crippen LogP) is 1.16. The van der Waals surface area contributed by atoms with Crippen molar-refractivity contribution in [3.8, 4) is 11.4 Å². The summed E-state index contributed by atoms with van der Waals surface area (Å²) in [7, 11) is 0. The molecule has 0 amide bonds. The first-order valence-electron chi connectivity index (χ1n) is 4.47. The number of aromatic nitrogens is 2. The van der Waals surface area contributed by atoms with Crippen molar-refractivity contribution in [2.45, 2.75) is 0 Å². The molecule has 4 nitrogen and oxygen atoms in total. The number of carbonyl (C=O) groups is 1. The summed E-state index contributed by atoms with van der Waals surface area (Å²) in [5.74, 6) is -1.03. The van der Waals surface area contributed by atoms with Crippen LogP contribution in [0.15, 0.2) is 36.7 Å². The molecule has 2 rings (SSSR count). The molecule has 2 aromatic rings. The van der Waals surface area contributed by atoms with E-state index in [1.165, 1.54) is 18.5 Å². The van der Waals surface area contributed by atoms with Gasteiger partial charge in [0.2, 0.25) is 0 Å². The smallest absolute Gasteiger partial charge is 0.161 e. The summed E-state index contributed by atoms with van der Waals surface area (Å²) in [6, 6.07) is 6.17. The number of hydrogen-bond acceptors (Lipinski definition) is 4. The van der Waals surface area contributed by atoms with Crippen molar-refractivity contribution in [1.82, 2.24) is 9.97 Å². The number of nitrogens with zero attached hydrogens (tertiary/aromatic N) is 2. The Bertz CT molecular complexity index is 529. The Labute approximate surface area is 96.6 Å². The van der Waals surface area contributed by atoms with Crippen molar-refractivity contribution in [2.75, 3.05) is 0 Å². The van der Waals surface area contributed by atoms with Crippen molar-refractivity contribution < 1.29 is 9.90 Å². The highest BCUT2D eigenvalue weighted by atomic mass is 35.5. The molecule has 0 aliphatic rings. The molecular formula is C11H6ClN2O2-. The molecule has 5 heteroatoms. The highest BCUT2D eigenvalue weighted by molar-refractivity contribution is 6.34. The molecule has 0 bridgehead atoms. The molecule has 0 fully saturated rings. The van der Waals surface area contributed by atoms with E-state index in [1.54, 1.807) is 18.2 Å². The molecule has 0 unspecified atom stereocenters. The fraction of sp³-hybridized carbons (Fsp3) is 0. The van der Waals surface area contributed by atoms with Crippen LogP contribution in [0.2, 0.25) is 5.02 Å². The number of carboxylic acids is 1. The Balaban J connectivity index is 2.68. The van der Waals surface area contributed by atoms with Gasteiger partial charge >= 0.3 is 0 Å². The van der Waals surface area contributed by atoms with Crippen LogP contribution in [0.5, 0.6) is 0 Å². The van der Waals surface area contributed by atoms with E-state index in [1.807, 2.05) is 0 Å². The zero-order valence-corrected chi connectivity index (χ0v) is 8.81. The first-order valence-corrected chi connectivity index (χ1v) is 4.85. The minimum Gasteiger partial charge on any atom is -0.545 e. The maximum Gasteiger partial charge on any atom is 0.161 e. The molecule has 0 saturated heterocycles. The predicted molar refractivity (Wildman–Crippen MR) is 56.8 cm³/mol. The monoisotopic (exact) mass is 233 g/mol. The van der Waals surface area contributed by atoms with Gasteiger partial charge in [0.05, 0.1) is 11.0 Å². The lowest BCUT2D eigenvalue weighted by Gasteiger charge is -2.10. The SMILES string of the molecule is O=C([O-])c1cccc(Cl)c1-c1ncccn1. The summed E-state index contributed by atoms with van der Waals surface area (Å²) in [4.78, 5) is 18.9. The zero-order chi connectivity index (χ0) is 11.5. The number of benzene rings is 1. The summed E-state index contributed by atoms with van der Waals surface area (Å²) >= 11 is 5.94. The summed E-state index contributed by atoms with van der Waals surface area (Å²) in [6.07, 6.45) is 3.04. The Hall–Kier alpha value is -1.94. The molecule has 0 saturated carbocycles. The van der Waals surface area contributed by atoms with Gasteiger partial charge in [0.15, 0.2) is 5.82 Å². The molecule has 0 aliphatic heterocycles. The minimum atomic E-state index is -1.30. The Kier molecular flexibility index (Phi) is 2.83. The van der Waals surface area contributed by atoms with Gasteiger partial charge in [-0.25, -0.2) is 9.97 Å². The van der Waals surface area contributed by atoms with Gasteiger partial charge in [0, 0.05) is 23.5 Å². The van der Waals surface area contributed by atoms with E-state index < -0.39 is 5.97 Å². The Morgan fingerprint density at radius 3 is 2.50 bits per heavy atom. The highest BCUT2D eigenvalue weighted by Gasteiger charge is 2.11. The maximum atomic E-state index is 10.9. The number of aromatic carboxylic acids is 1. The van der Waals surface area contributed by atoms with Crippen LogP contribution in [0.1, 0.15) is 10.4 Å². The second kappa shape index (κ2) is 4.28. The number of halogens is 1. The standard InChI is InChI=1S/C11H7ClN2O2/c12-8-4-1-3-7(11(15)16)9(8)10-13-5-2-6-14-10/h1-6H,(H,15,16)/p-1. The average molecular weight is 234 g/mol. The molecule has 0 aliphatic carbocycles. The lowest BCUT2D eigenvalue weighted by molar-refractivity contribution is -0.254. The fourth-order valence-electron chi connectivity index (χ4n) is 1.35. The van der Waals surface area contributed by atoms with Gasteiger partial charge in [-0.15, -0.1) is 0 Å². The van der Waals surface area contributed by atoms with Crippen LogP contribution in [0.4, 0.5) is 0 Å². The largest absolute Gasteiger partial charge is 0.545 e. The number of rotatable bonds is 2. The van der Waals surface area contributed by atoms with E-state index in [0.29, 0.717) is 0 Å². The van der Waals surface area contributed by atoms with Crippen molar-refractivity contribution in [1.29, 1.82) is 0 Å². The second-order valence-corrected chi connectivity index (χ2v) is 3.43. The van der Waals surface area contributed by atoms with Gasteiger partial charge in [0.25, 0.3) is 0 Å².